The van der Waals surface area contributed by atoms with Crippen LogP contribution in [0, 0.1) is 0 Å². The standard InChI is InChI=1S/C28H19F3N2O2/c29-28(30,31)22-14-10-21(11-15-22)27(34)35-23-16-12-20(13-17-23)26-32-24-8-4-5-9-25(24)33(26)18-19-6-2-1-3-7-19/h1-17H,18H2. The molecule has 174 valence electrons. The average molecular weight is 472 g/mol. The predicted octanol–water partition coefficient (Wildman–Crippen LogP) is 6.99. The summed E-state index contributed by atoms with van der Waals surface area (Å²) in [6.45, 7) is 0.640. The summed E-state index contributed by atoms with van der Waals surface area (Å²) < 4.78 is 45.7. The summed E-state index contributed by atoms with van der Waals surface area (Å²) in [5.41, 5.74) is 3.06. The first-order valence-corrected chi connectivity index (χ1v) is 10.9. The van der Waals surface area contributed by atoms with Crippen molar-refractivity contribution in [2.24, 2.45) is 0 Å². The summed E-state index contributed by atoms with van der Waals surface area (Å²) in [5, 5.41) is 0. The summed E-state index contributed by atoms with van der Waals surface area (Å²) >= 11 is 0. The molecule has 0 aliphatic heterocycles. The maximum Gasteiger partial charge on any atom is 0.416 e. The molecule has 0 N–H and O–H groups in total. The Bertz CT molecular complexity index is 1470. The molecule has 0 amide bonds. The van der Waals surface area contributed by atoms with Gasteiger partial charge in [0.15, 0.2) is 0 Å². The van der Waals surface area contributed by atoms with E-state index in [0.717, 1.165) is 52.3 Å². The number of ether oxygens (including phenoxy) is 1. The number of para-hydroxylation sites is 2. The van der Waals surface area contributed by atoms with Crippen LogP contribution in [0.3, 0.4) is 0 Å². The van der Waals surface area contributed by atoms with Crippen molar-refractivity contribution in [2.75, 3.05) is 0 Å². The van der Waals surface area contributed by atoms with Crippen molar-refractivity contribution in [1.82, 2.24) is 9.55 Å². The minimum absolute atomic E-state index is 0.0340. The molecule has 35 heavy (non-hydrogen) atoms. The van der Waals surface area contributed by atoms with Gasteiger partial charge in [-0.1, -0.05) is 42.5 Å². The first-order chi connectivity index (χ1) is 16.9. The summed E-state index contributed by atoms with van der Waals surface area (Å²) in [6.07, 6.45) is -4.46. The van der Waals surface area contributed by atoms with Crippen molar-refractivity contribution in [1.29, 1.82) is 0 Å². The van der Waals surface area contributed by atoms with Crippen LogP contribution in [-0.4, -0.2) is 15.5 Å². The first-order valence-electron chi connectivity index (χ1n) is 10.9. The molecular formula is C28H19F3N2O2. The number of nitrogens with zero attached hydrogens (tertiary/aromatic N) is 2. The largest absolute Gasteiger partial charge is 0.423 e. The van der Waals surface area contributed by atoms with E-state index >= 15 is 0 Å². The van der Waals surface area contributed by atoms with Gasteiger partial charge in [0.1, 0.15) is 11.6 Å². The van der Waals surface area contributed by atoms with Crippen molar-refractivity contribution >= 4 is 17.0 Å². The molecule has 0 fully saturated rings. The third-order valence-electron chi connectivity index (χ3n) is 5.61. The monoisotopic (exact) mass is 472 g/mol. The molecule has 0 aliphatic carbocycles. The highest BCUT2D eigenvalue weighted by Crippen LogP contribution is 2.30. The number of alkyl halides is 3. The lowest BCUT2D eigenvalue weighted by atomic mass is 10.1. The number of hydrogen-bond donors (Lipinski definition) is 0. The van der Waals surface area contributed by atoms with Gasteiger partial charge in [-0.05, 0) is 66.2 Å². The molecular weight excluding hydrogens is 453 g/mol. The van der Waals surface area contributed by atoms with Crippen LogP contribution in [0.25, 0.3) is 22.4 Å². The molecule has 4 nitrogen and oxygen atoms in total. The Morgan fingerprint density at radius 1 is 0.800 bits per heavy atom. The van der Waals surface area contributed by atoms with E-state index in [2.05, 4.69) is 16.7 Å². The van der Waals surface area contributed by atoms with E-state index in [9.17, 15) is 18.0 Å². The number of carbonyl (C=O) groups excluding carboxylic acids is 1. The van der Waals surface area contributed by atoms with Gasteiger partial charge in [0.25, 0.3) is 0 Å². The number of rotatable bonds is 5. The number of fused-ring (bicyclic) bond motifs is 1. The minimum Gasteiger partial charge on any atom is -0.423 e. The second kappa shape index (κ2) is 9.10. The fourth-order valence-electron chi connectivity index (χ4n) is 3.86. The minimum atomic E-state index is -4.46. The zero-order valence-electron chi connectivity index (χ0n) is 18.4. The van der Waals surface area contributed by atoms with E-state index in [1.165, 1.54) is 0 Å². The van der Waals surface area contributed by atoms with Crippen molar-refractivity contribution in [2.45, 2.75) is 12.7 Å². The Balaban J connectivity index is 1.39. The highest BCUT2D eigenvalue weighted by Gasteiger charge is 2.30. The molecule has 1 heterocycles. The quantitative estimate of drug-likeness (QED) is 0.205. The van der Waals surface area contributed by atoms with Crippen LogP contribution in [0.1, 0.15) is 21.5 Å². The molecule has 0 radical (unpaired) electrons. The van der Waals surface area contributed by atoms with Gasteiger partial charge in [-0.15, -0.1) is 0 Å². The van der Waals surface area contributed by atoms with E-state index in [4.69, 9.17) is 9.72 Å². The first kappa shape index (κ1) is 22.4. The molecule has 1 aromatic heterocycles. The third kappa shape index (κ3) is 4.80. The van der Waals surface area contributed by atoms with Gasteiger partial charge in [0.05, 0.1) is 22.2 Å². The van der Waals surface area contributed by atoms with Crippen molar-refractivity contribution in [3.8, 4) is 17.1 Å². The van der Waals surface area contributed by atoms with Gasteiger partial charge in [0.2, 0.25) is 0 Å². The van der Waals surface area contributed by atoms with Gasteiger partial charge in [-0.2, -0.15) is 13.2 Å². The number of esters is 1. The van der Waals surface area contributed by atoms with E-state index in [0.29, 0.717) is 6.54 Å². The number of aromatic nitrogens is 2. The van der Waals surface area contributed by atoms with Crippen LogP contribution in [0.5, 0.6) is 5.75 Å². The van der Waals surface area contributed by atoms with Crippen LogP contribution < -0.4 is 4.74 Å². The van der Waals surface area contributed by atoms with E-state index < -0.39 is 17.7 Å². The van der Waals surface area contributed by atoms with E-state index in [-0.39, 0.29) is 11.3 Å². The Kier molecular flexibility index (Phi) is 5.82. The van der Waals surface area contributed by atoms with Crippen molar-refractivity contribution in [3.05, 3.63) is 120 Å². The highest BCUT2D eigenvalue weighted by atomic mass is 19.4. The summed E-state index contributed by atoms with van der Waals surface area (Å²) in [7, 11) is 0. The summed E-state index contributed by atoms with van der Waals surface area (Å²) in [5.74, 6) is 0.322. The molecule has 5 rings (SSSR count). The maximum atomic E-state index is 12.7. The zero-order chi connectivity index (χ0) is 24.4. The van der Waals surface area contributed by atoms with Gasteiger partial charge in [-0.3, -0.25) is 0 Å². The molecule has 7 heteroatoms. The molecule has 5 aromatic rings. The zero-order valence-corrected chi connectivity index (χ0v) is 18.4. The summed E-state index contributed by atoms with van der Waals surface area (Å²) in [4.78, 5) is 17.2. The topological polar surface area (TPSA) is 44.1 Å². The van der Waals surface area contributed by atoms with E-state index in [1.54, 1.807) is 24.3 Å². The molecule has 0 spiro atoms. The van der Waals surface area contributed by atoms with Crippen LogP contribution in [0.15, 0.2) is 103 Å². The lowest BCUT2D eigenvalue weighted by molar-refractivity contribution is -0.137. The van der Waals surface area contributed by atoms with Gasteiger partial charge in [0, 0.05) is 12.1 Å². The number of carbonyl (C=O) groups is 1. The third-order valence-corrected chi connectivity index (χ3v) is 5.61. The van der Waals surface area contributed by atoms with E-state index in [1.807, 2.05) is 42.5 Å². The van der Waals surface area contributed by atoms with Crippen molar-refractivity contribution in [3.63, 3.8) is 0 Å². The molecule has 0 saturated heterocycles. The number of halogens is 3. The summed E-state index contributed by atoms with van der Waals surface area (Å²) in [6, 6.07) is 28.8. The average Bonchev–Trinajstić information content (AvgIpc) is 3.23. The smallest absolute Gasteiger partial charge is 0.416 e. The second-order valence-corrected chi connectivity index (χ2v) is 7.98. The molecule has 0 bridgehead atoms. The van der Waals surface area contributed by atoms with Crippen molar-refractivity contribution < 1.29 is 22.7 Å². The number of benzene rings is 4. The SMILES string of the molecule is O=C(Oc1ccc(-c2nc3ccccc3n2Cc2ccccc2)cc1)c1ccc(C(F)(F)F)cc1. The Morgan fingerprint density at radius 3 is 2.14 bits per heavy atom. The van der Waals surface area contributed by atoms with Crippen LogP contribution in [0.2, 0.25) is 0 Å². The number of imidazole rings is 1. The fourth-order valence-corrected chi connectivity index (χ4v) is 3.86. The highest BCUT2D eigenvalue weighted by molar-refractivity contribution is 5.91. The van der Waals surface area contributed by atoms with Crippen LogP contribution in [0.4, 0.5) is 13.2 Å². The second-order valence-electron chi connectivity index (χ2n) is 7.98. The molecule has 4 aromatic carbocycles. The molecule has 0 saturated carbocycles. The Labute approximate surface area is 199 Å². The lowest BCUT2D eigenvalue weighted by Crippen LogP contribution is -2.10. The number of hydrogen-bond acceptors (Lipinski definition) is 3. The predicted molar refractivity (Wildman–Crippen MR) is 127 cm³/mol. The van der Waals surface area contributed by atoms with Crippen LogP contribution >= 0.6 is 0 Å². The normalized spacial score (nSPS) is 11.5. The van der Waals surface area contributed by atoms with Gasteiger partial charge in [-0.25, -0.2) is 9.78 Å². The maximum absolute atomic E-state index is 12.7. The lowest BCUT2D eigenvalue weighted by Gasteiger charge is -2.11. The fraction of sp³-hybridized carbons (Fsp3) is 0.0714. The van der Waals surface area contributed by atoms with Gasteiger partial charge < -0.3 is 9.30 Å². The molecule has 0 atom stereocenters. The molecule has 0 aliphatic rings. The Morgan fingerprint density at radius 2 is 1.46 bits per heavy atom. The van der Waals surface area contributed by atoms with Gasteiger partial charge >= 0.3 is 12.1 Å². The molecule has 0 unspecified atom stereocenters. The van der Waals surface area contributed by atoms with Crippen LogP contribution in [-0.2, 0) is 12.7 Å². The Hall–Kier alpha value is -4.39.